The summed E-state index contributed by atoms with van der Waals surface area (Å²) in [5.41, 5.74) is 0. The lowest BCUT2D eigenvalue weighted by Gasteiger charge is -2.19. The zero-order valence-electron chi connectivity index (χ0n) is 12.0. The number of nitrogens with one attached hydrogen (secondary N) is 2. The van der Waals surface area contributed by atoms with Crippen molar-refractivity contribution in [3.63, 3.8) is 0 Å². The highest BCUT2D eigenvalue weighted by atomic mass is 16.5. The van der Waals surface area contributed by atoms with E-state index in [9.17, 15) is 4.79 Å². The van der Waals surface area contributed by atoms with E-state index in [1.807, 2.05) is 0 Å². The maximum atomic E-state index is 11.9. The predicted molar refractivity (Wildman–Crippen MR) is 76.2 cm³/mol. The van der Waals surface area contributed by atoms with Gasteiger partial charge in [-0.2, -0.15) is 0 Å². The van der Waals surface area contributed by atoms with E-state index in [4.69, 9.17) is 4.74 Å². The first kappa shape index (κ1) is 14.6. The fraction of sp³-hybridized carbons (Fsp3) is 0.933. The number of rotatable bonds is 3. The summed E-state index contributed by atoms with van der Waals surface area (Å²) in [4.78, 5) is 11.9. The molecule has 1 atom stereocenters. The molecule has 2 N–H and O–H groups in total. The van der Waals surface area contributed by atoms with Crippen molar-refractivity contribution in [2.45, 2.75) is 63.8 Å². The van der Waals surface area contributed by atoms with Crippen molar-refractivity contribution in [2.24, 2.45) is 5.92 Å². The normalized spacial score (nSPS) is 26.2. The smallest absolute Gasteiger partial charge is 0.315 e. The molecule has 4 nitrogen and oxygen atoms in total. The third-order valence-corrected chi connectivity index (χ3v) is 4.27. The van der Waals surface area contributed by atoms with Gasteiger partial charge in [0.15, 0.2) is 0 Å². The summed E-state index contributed by atoms with van der Waals surface area (Å²) >= 11 is 0. The summed E-state index contributed by atoms with van der Waals surface area (Å²) in [6, 6.07) is 0.383. The molecular formula is C15H28N2O2. The van der Waals surface area contributed by atoms with E-state index in [0.717, 1.165) is 39.0 Å². The van der Waals surface area contributed by atoms with Gasteiger partial charge < -0.3 is 15.4 Å². The van der Waals surface area contributed by atoms with Gasteiger partial charge in [-0.3, -0.25) is 0 Å². The van der Waals surface area contributed by atoms with Crippen molar-refractivity contribution in [1.29, 1.82) is 0 Å². The summed E-state index contributed by atoms with van der Waals surface area (Å²) in [5.74, 6) is 0.506. The lowest BCUT2D eigenvalue weighted by molar-refractivity contribution is 0.185. The maximum absolute atomic E-state index is 11.9. The number of hydrogen-bond donors (Lipinski definition) is 2. The van der Waals surface area contributed by atoms with Crippen LogP contribution < -0.4 is 10.6 Å². The first-order chi connectivity index (χ1) is 9.34. The number of hydrogen-bond acceptors (Lipinski definition) is 2. The molecule has 1 saturated heterocycles. The molecule has 1 aliphatic heterocycles. The standard InChI is InChI=1S/C15H28N2O2/c18-15(16-11-13-9-10-19-12-13)17-14-7-5-3-1-2-4-6-8-14/h13-14H,1-12H2,(H2,16,17,18)/t13-/m0/s1. The van der Waals surface area contributed by atoms with Crippen molar-refractivity contribution >= 4 is 6.03 Å². The van der Waals surface area contributed by atoms with Gasteiger partial charge in [-0.15, -0.1) is 0 Å². The Morgan fingerprint density at radius 1 is 1.00 bits per heavy atom. The fourth-order valence-corrected chi connectivity index (χ4v) is 3.00. The Balaban J connectivity index is 1.64. The molecule has 1 heterocycles. The number of carbonyl (C=O) groups is 1. The average Bonchev–Trinajstić information content (AvgIpc) is 2.94. The minimum Gasteiger partial charge on any atom is -0.381 e. The highest BCUT2D eigenvalue weighted by Gasteiger charge is 2.17. The highest BCUT2D eigenvalue weighted by molar-refractivity contribution is 5.74. The third-order valence-electron chi connectivity index (χ3n) is 4.27. The molecule has 2 rings (SSSR count). The molecule has 110 valence electrons. The van der Waals surface area contributed by atoms with Crippen LogP contribution in [0.5, 0.6) is 0 Å². The summed E-state index contributed by atoms with van der Waals surface area (Å²) in [6.07, 6.45) is 11.2. The quantitative estimate of drug-likeness (QED) is 0.827. The summed E-state index contributed by atoms with van der Waals surface area (Å²) < 4.78 is 5.31. The van der Waals surface area contributed by atoms with Crippen LogP contribution in [0.3, 0.4) is 0 Å². The van der Waals surface area contributed by atoms with Gasteiger partial charge in [0.25, 0.3) is 0 Å². The Kier molecular flexibility index (Phi) is 6.48. The van der Waals surface area contributed by atoms with Crippen molar-refractivity contribution in [3.05, 3.63) is 0 Å². The monoisotopic (exact) mass is 268 g/mol. The van der Waals surface area contributed by atoms with E-state index in [-0.39, 0.29) is 6.03 Å². The molecule has 2 amide bonds. The van der Waals surface area contributed by atoms with Gasteiger partial charge in [0.05, 0.1) is 6.61 Å². The zero-order chi connectivity index (χ0) is 13.3. The highest BCUT2D eigenvalue weighted by Crippen LogP contribution is 2.17. The molecule has 0 aromatic rings. The molecule has 2 fully saturated rings. The summed E-state index contributed by atoms with van der Waals surface area (Å²) in [6.45, 7) is 2.39. The Morgan fingerprint density at radius 3 is 2.32 bits per heavy atom. The van der Waals surface area contributed by atoms with Crippen LogP contribution in [0.2, 0.25) is 0 Å². The lowest BCUT2D eigenvalue weighted by atomic mass is 10.1. The van der Waals surface area contributed by atoms with Crippen molar-refractivity contribution in [3.8, 4) is 0 Å². The number of amides is 2. The Hall–Kier alpha value is -0.770. The fourth-order valence-electron chi connectivity index (χ4n) is 3.00. The topological polar surface area (TPSA) is 50.4 Å². The van der Waals surface area contributed by atoms with Crippen LogP contribution in [0, 0.1) is 5.92 Å². The molecule has 1 aliphatic carbocycles. The second kappa shape index (κ2) is 8.41. The maximum Gasteiger partial charge on any atom is 0.315 e. The third kappa shape index (κ3) is 5.81. The van der Waals surface area contributed by atoms with E-state index >= 15 is 0 Å². The number of urea groups is 1. The average molecular weight is 268 g/mol. The van der Waals surface area contributed by atoms with Crippen LogP contribution in [-0.2, 0) is 4.74 Å². The SMILES string of the molecule is O=C(NC[C@@H]1CCOC1)NC1CCCCCCCC1. The molecule has 19 heavy (non-hydrogen) atoms. The van der Waals surface area contributed by atoms with Gasteiger partial charge >= 0.3 is 6.03 Å². The van der Waals surface area contributed by atoms with Crippen molar-refractivity contribution < 1.29 is 9.53 Å². The predicted octanol–water partition coefficient (Wildman–Crippen LogP) is 2.83. The first-order valence-electron chi connectivity index (χ1n) is 7.96. The Morgan fingerprint density at radius 2 is 1.68 bits per heavy atom. The molecule has 0 spiro atoms. The second-order valence-corrected chi connectivity index (χ2v) is 5.98. The van der Waals surface area contributed by atoms with Crippen LogP contribution in [-0.4, -0.2) is 31.8 Å². The minimum absolute atomic E-state index is 0.0103. The van der Waals surface area contributed by atoms with Crippen LogP contribution in [0.25, 0.3) is 0 Å². The molecule has 4 heteroatoms. The van der Waals surface area contributed by atoms with Crippen LogP contribution >= 0.6 is 0 Å². The Labute approximate surface area is 116 Å². The van der Waals surface area contributed by atoms with E-state index in [2.05, 4.69) is 10.6 Å². The molecule has 0 bridgehead atoms. The molecule has 0 aromatic heterocycles. The van der Waals surface area contributed by atoms with Gasteiger partial charge in [0, 0.05) is 25.1 Å². The lowest BCUT2D eigenvalue weighted by Crippen LogP contribution is -2.43. The van der Waals surface area contributed by atoms with Crippen LogP contribution in [0.4, 0.5) is 4.79 Å². The summed E-state index contributed by atoms with van der Waals surface area (Å²) in [7, 11) is 0. The molecule has 0 aromatic carbocycles. The molecule has 1 saturated carbocycles. The van der Waals surface area contributed by atoms with Gasteiger partial charge in [-0.1, -0.05) is 38.5 Å². The van der Waals surface area contributed by atoms with Gasteiger partial charge in [-0.05, 0) is 19.3 Å². The zero-order valence-corrected chi connectivity index (χ0v) is 12.0. The van der Waals surface area contributed by atoms with Gasteiger partial charge in [-0.25, -0.2) is 4.79 Å². The second-order valence-electron chi connectivity index (χ2n) is 5.98. The Bertz CT molecular complexity index is 255. The number of ether oxygens (including phenoxy) is 1. The van der Waals surface area contributed by atoms with Crippen molar-refractivity contribution in [1.82, 2.24) is 10.6 Å². The van der Waals surface area contributed by atoms with E-state index in [1.165, 1.54) is 38.5 Å². The molecule has 2 aliphatic rings. The van der Waals surface area contributed by atoms with Crippen molar-refractivity contribution in [2.75, 3.05) is 19.8 Å². The number of carbonyl (C=O) groups excluding carboxylic acids is 1. The van der Waals surface area contributed by atoms with Gasteiger partial charge in [0.2, 0.25) is 0 Å². The van der Waals surface area contributed by atoms with E-state index in [0.29, 0.717) is 12.0 Å². The molecule has 0 unspecified atom stereocenters. The largest absolute Gasteiger partial charge is 0.381 e. The van der Waals surface area contributed by atoms with E-state index < -0.39 is 0 Å². The summed E-state index contributed by atoms with van der Waals surface area (Å²) in [5, 5.41) is 6.14. The molecular weight excluding hydrogens is 240 g/mol. The van der Waals surface area contributed by atoms with Gasteiger partial charge in [0.1, 0.15) is 0 Å². The first-order valence-corrected chi connectivity index (χ1v) is 7.96. The minimum atomic E-state index is 0.0103. The van der Waals surface area contributed by atoms with E-state index in [1.54, 1.807) is 0 Å². The van der Waals surface area contributed by atoms with Crippen LogP contribution in [0.15, 0.2) is 0 Å². The molecule has 0 radical (unpaired) electrons. The van der Waals surface area contributed by atoms with Crippen LogP contribution in [0.1, 0.15) is 57.8 Å².